The molecule has 0 bridgehead atoms. The smallest absolute Gasteiger partial charge is 0.243 e. The highest BCUT2D eigenvalue weighted by Gasteiger charge is 2.37. The number of carbonyl (C=O) groups is 1. The van der Waals surface area contributed by atoms with Crippen LogP contribution in [0.4, 0.5) is 0 Å². The molecule has 156 valence electrons. The summed E-state index contributed by atoms with van der Waals surface area (Å²) in [5, 5.41) is 2.62. The molecular weight excluding hydrogens is 428 g/mol. The van der Waals surface area contributed by atoms with Gasteiger partial charge in [-0.1, -0.05) is 18.5 Å². The summed E-state index contributed by atoms with van der Waals surface area (Å²) in [6, 6.07) is 8.54. The molecule has 1 fully saturated rings. The summed E-state index contributed by atoms with van der Waals surface area (Å²) in [5.41, 5.74) is 1.29. The van der Waals surface area contributed by atoms with E-state index in [9.17, 15) is 13.2 Å². The van der Waals surface area contributed by atoms with Crippen molar-refractivity contribution in [3.05, 3.63) is 51.2 Å². The van der Waals surface area contributed by atoms with Crippen LogP contribution in [0.25, 0.3) is 0 Å². The molecule has 2 aliphatic heterocycles. The molecule has 0 radical (unpaired) electrons. The van der Waals surface area contributed by atoms with Crippen molar-refractivity contribution in [2.45, 2.75) is 43.5 Å². The summed E-state index contributed by atoms with van der Waals surface area (Å²) < 4.78 is 27.2. The van der Waals surface area contributed by atoms with Crippen LogP contribution in [-0.4, -0.2) is 43.2 Å². The van der Waals surface area contributed by atoms with E-state index in [4.69, 9.17) is 11.6 Å². The maximum Gasteiger partial charge on any atom is 0.243 e. The van der Waals surface area contributed by atoms with Gasteiger partial charge < -0.3 is 4.90 Å². The average Bonchev–Trinajstić information content (AvgIpc) is 3.22. The molecule has 4 rings (SSSR count). The minimum absolute atomic E-state index is 0.110. The molecule has 0 saturated carbocycles. The van der Waals surface area contributed by atoms with Gasteiger partial charge in [-0.25, -0.2) is 8.42 Å². The molecule has 8 heteroatoms. The van der Waals surface area contributed by atoms with Crippen LogP contribution in [-0.2, 0) is 21.2 Å². The van der Waals surface area contributed by atoms with Crippen LogP contribution < -0.4 is 0 Å². The Morgan fingerprint density at radius 2 is 1.83 bits per heavy atom. The first-order chi connectivity index (χ1) is 13.9. The lowest BCUT2D eigenvalue weighted by Gasteiger charge is -2.39. The Morgan fingerprint density at radius 1 is 1.14 bits per heavy atom. The van der Waals surface area contributed by atoms with Crippen LogP contribution in [0.3, 0.4) is 0 Å². The Hall–Kier alpha value is -1.41. The van der Waals surface area contributed by atoms with Crippen molar-refractivity contribution in [2.24, 2.45) is 5.92 Å². The van der Waals surface area contributed by atoms with Crippen molar-refractivity contribution in [3.63, 3.8) is 0 Å². The van der Waals surface area contributed by atoms with Crippen molar-refractivity contribution in [1.82, 2.24) is 9.21 Å². The van der Waals surface area contributed by atoms with Crippen LogP contribution in [0.2, 0.25) is 5.02 Å². The number of thiophene rings is 1. The van der Waals surface area contributed by atoms with Crippen LogP contribution in [0.1, 0.15) is 42.7 Å². The number of nitrogens with zero attached hydrogens (tertiary/aromatic N) is 2. The van der Waals surface area contributed by atoms with Gasteiger partial charge >= 0.3 is 0 Å². The lowest BCUT2D eigenvalue weighted by atomic mass is 9.92. The SMILES string of the molecule is CC[C@H]1c2ccsc2CCN1C(=O)C1CCN(S(=O)(=O)c2ccc(Cl)cc2)CC1. The number of carbonyl (C=O) groups excluding carboxylic acids is 1. The third-order valence-electron chi connectivity index (χ3n) is 6.02. The normalized spacial score (nSPS) is 21.2. The fraction of sp³-hybridized carbons (Fsp3) is 0.476. The summed E-state index contributed by atoms with van der Waals surface area (Å²) in [5.74, 6) is 0.0677. The summed E-state index contributed by atoms with van der Waals surface area (Å²) in [6.45, 7) is 3.62. The maximum atomic E-state index is 13.3. The average molecular weight is 453 g/mol. The quantitative estimate of drug-likeness (QED) is 0.693. The van der Waals surface area contributed by atoms with Gasteiger partial charge in [-0.3, -0.25) is 4.79 Å². The Balaban J connectivity index is 1.43. The first-order valence-electron chi connectivity index (χ1n) is 10.0. The molecule has 5 nitrogen and oxygen atoms in total. The number of hydrogen-bond acceptors (Lipinski definition) is 4. The topological polar surface area (TPSA) is 57.7 Å². The molecule has 0 aliphatic carbocycles. The molecule has 1 aromatic heterocycles. The van der Waals surface area contributed by atoms with E-state index in [2.05, 4.69) is 18.4 Å². The van der Waals surface area contributed by atoms with Gasteiger partial charge in [0.15, 0.2) is 0 Å². The minimum atomic E-state index is -3.55. The van der Waals surface area contributed by atoms with Gasteiger partial charge in [0.1, 0.15) is 0 Å². The van der Waals surface area contributed by atoms with Gasteiger partial charge in [0.25, 0.3) is 0 Å². The van der Waals surface area contributed by atoms with Crippen molar-refractivity contribution in [2.75, 3.05) is 19.6 Å². The molecule has 0 N–H and O–H groups in total. The van der Waals surface area contributed by atoms with Crippen LogP contribution >= 0.6 is 22.9 Å². The highest BCUT2D eigenvalue weighted by Crippen LogP contribution is 2.37. The fourth-order valence-electron chi connectivity index (χ4n) is 4.43. The molecule has 2 aliphatic rings. The number of benzene rings is 1. The Labute approximate surface area is 181 Å². The van der Waals surface area contributed by atoms with Crippen molar-refractivity contribution >= 4 is 38.9 Å². The van der Waals surface area contributed by atoms with E-state index in [1.54, 1.807) is 23.5 Å². The molecule has 1 aromatic carbocycles. The number of rotatable bonds is 4. The third-order valence-corrected chi connectivity index (χ3v) is 9.18. The van der Waals surface area contributed by atoms with Gasteiger partial charge in [-0.15, -0.1) is 11.3 Å². The summed E-state index contributed by atoms with van der Waals surface area (Å²) in [4.78, 5) is 16.9. The molecule has 2 aromatic rings. The highest BCUT2D eigenvalue weighted by atomic mass is 35.5. The predicted molar refractivity (Wildman–Crippen MR) is 116 cm³/mol. The van der Waals surface area contributed by atoms with Gasteiger partial charge in [0, 0.05) is 35.5 Å². The van der Waals surface area contributed by atoms with E-state index in [1.807, 2.05) is 4.90 Å². The van der Waals surface area contributed by atoms with Crippen molar-refractivity contribution in [1.29, 1.82) is 0 Å². The molecule has 0 unspecified atom stereocenters. The van der Waals surface area contributed by atoms with Crippen LogP contribution in [0.5, 0.6) is 0 Å². The van der Waals surface area contributed by atoms with Crippen LogP contribution in [0, 0.1) is 5.92 Å². The molecule has 3 heterocycles. The standard InChI is InChI=1S/C21H25ClN2O3S2/c1-2-19-18-10-14-28-20(18)9-13-24(19)21(25)15-7-11-23(12-8-15)29(26,27)17-5-3-16(22)4-6-17/h3-6,10,14-15,19H,2,7-9,11-13H2,1H3/t19-/m0/s1. The van der Waals surface area contributed by atoms with Crippen LogP contribution in [0.15, 0.2) is 40.6 Å². The lowest BCUT2D eigenvalue weighted by molar-refractivity contribution is -0.139. The van der Waals surface area contributed by atoms with Gasteiger partial charge in [-0.2, -0.15) is 4.31 Å². The van der Waals surface area contributed by atoms with E-state index in [1.165, 1.54) is 26.9 Å². The van der Waals surface area contributed by atoms with Crippen molar-refractivity contribution < 1.29 is 13.2 Å². The molecule has 0 spiro atoms. The van der Waals surface area contributed by atoms with E-state index < -0.39 is 10.0 Å². The van der Waals surface area contributed by atoms with E-state index >= 15 is 0 Å². The Kier molecular flexibility index (Phi) is 6.02. The number of fused-ring (bicyclic) bond motifs is 1. The zero-order valence-electron chi connectivity index (χ0n) is 16.4. The highest BCUT2D eigenvalue weighted by molar-refractivity contribution is 7.89. The molecule has 1 saturated heterocycles. The minimum Gasteiger partial charge on any atom is -0.335 e. The number of hydrogen-bond donors (Lipinski definition) is 0. The third kappa shape index (κ3) is 3.98. The monoisotopic (exact) mass is 452 g/mol. The number of halogens is 1. The van der Waals surface area contributed by atoms with E-state index in [0.29, 0.717) is 31.0 Å². The molecule has 1 atom stereocenters. The second-order valence-corrected chi connectivity index (χ2v) is 11.0. The summed E-state index contributed by atoms with van der Waals surface area (Å²) in [6.07, 6.45) is 2.95. The maximum absolute atomic E-state index is 13.3. The second kappa shape index (κ2) is 8.38. The summed E-state index contributed by atoms with van der Waals surface area (Å²) in [7, 11) is -3.55. The number of piperidine rings is 1. The zero-order valence-corrected chi connectivity index (χ0v) is 18.8. The molecule has 29 heavy (non-hydrogen) atoms. The van der Waals surface area contributed by atoms with Gasteiger partial charge in [0.2, 0.25) is 15.9 Å². The van der Waals surface area contributed by atoms with Gasteiger partial charge in [0.05, 0.1) is 10.9 Å². The van der Waals surface area contributed by atoms with Gasteiger partial charge in [-0.05, 0) is 67.0 Å². The number of sulfonamides is 1. The predicted octanol–water partition coefficient (Wildman–Crippen LogP) is 4.34. The Bertz CT molecular complexity index is 980. The second-order valence-electron chi connectivity index (χ2n) is 7.64. The molecular formula is C21H25ClN2O3S2. The lowest BCUT2D eigenvalue weighted by Crippen LogP contribution is -2.47. The van der Waals surface area contributed by atoms with Crippen molar-refractivity contribution in [3.8, 4) is 0 Å². The fourth-order valence-corrected chi connectivity index (χ4v) is 6.96. The van der Waals surface area contributed by atoms with E-state index in [-0.39, 0.29) is 22.8 Å². The largest absolute Gasteiger partial charge is 0.335 e. The molecule has 1 amide bonds. The van der Waals surface area contributed by atoms with E-state index in [0.717, 1.165) is 19.4 Å². The zero-order chi connectivity index (χ0) is 20.6. The first kappa shape index (κ1) is 20.8. The Morgan fingerprint density at radius 3 is 2.48 bits per heavy atom. The first-order valence-corrected chi connectivity index (χ1v) is 12.7. The summed E-state index contributed by atoms with van der Waals surface area (Å²) >= 11 is 7.65. The number of amides is 1.